The predicted molar refractivity (Wildman–Crippen MR) is 81.0 cm³/mol. The van der Waals surface area contributed by atoms with E-state index in [9.17, 15) is 10.1 Å². The summed E-state index contributed by atoms with van der Waals surface area (Å²) >= 11 is 0. The summed E-state index contributed by atoms with van der Waals surface area (Å²) < 4.78 is 0. The fraction of sp³-hybridized carbons (Fsp3) is 0.400. The molecule has 0 radical (unpaired) electrons. The summed E-state index contributed by atoms with van der Waals surface area (Å²) in [6.07, 6.45) is 2.25. The number of nitro groups is 1. The summed E-state index contributed by atoms with van der Waals surface area (Å²) in [6, 6.07) is 7.45. The Morgan fingerprint density at radius 2 is 2.00 bits per heavy atom. The lowest BCUT2D eigenvalue weighted by atomic mass is 9.92. The maximum Gasteiger partial charge on any atom is 0.311 e. The summed E-state index contributed by atoms with van der Waals surface area (Å²) in [6.45, 7) is 7.13. The molecule has 1 aromatic heterocycles. The fourth-order valence-corrected chi connectivity index (χ4v) is 2.02. The molecule has 2 aromatic rings. The van der Waals surface area contributed by atoms with Gasteiger partial charge in [0, 0.05) is 11.9 Å². The van der Waals surface area contributed by atoms with Crippen molar-refractivity contribution in [2.24, 2.45) is 5.41 Å². The Bertz CT molecular complexity index is 633. The van der Waals surface area contributed by atoms with E-state index >= 15 is 0 Å². The molecule has 0 amide bonds. The number of hydrogen-bond acceptors (Lipinski definition) is 4. The maximum atomic E-state index is 11.2. The molecule has 0 fully saturated rings. The van der Waals surface area contributed by atoms with Crippen molar-refractivity contribution in [1.29, 1.82) is 0 Å². The van der Waals surface area contributed by atoms with Gasteiger partial charge in [0.25, 0.3) is 0 Å². The zero-order valence-corrected chi connectivity index (χ0v) is 12.0. The van der Waals surface area contributed by atoms with Crippen LogP contribution >= 0.6 is 0 Å². The van der Waals surface area contributed by atoms with E-state index in [1.54, 1.807) is 0 Å². The number of fused-ring (bicyclic) bond motifs is 1. The van der Waals surface area contributed by atoms with Crippen LogP contribution in [0, 0.1) is 15.5 Å². The third kappa shape index (κ3) is 3.23. The van der Waals surface area contributed by atoms with Crippen LogP contribution in [-0.4, -0.2) is 16.5 Å². The normalized spacial score (nSPS) is 11.6. The standard InChI is InChI=1S/C15H19N3O2/c1-15(2,3)8-9-16-14-11-6-4-5-7-12(11)17-10-13(14)18(19)20/h4-7,10H,8-9H2,1-3H3,(H,16,17). The molecule has 0 unspecified atom stereocenters. The van der Waals surface area contributed by atoms with Gasteiger partial charge in [-0.3, -0.25) is 10.1 Å². The summed E-state index contributed by atoms with van der Waals surface area (Å²) in [7, 11) is 0. The van der Waals surface area contributed by atoms with Crippen LogP contribution in [0.1, 0.15) is 27.2 Å². The highest BCUT2D eigenvalue weighted by molar-refractivity contribution is 5.95. The van der Waals surface area contributed by atoms with Crippen molar-refractivity contribution in [3.8, 4) is 0 Å². The molecular weight excluding hydrogens is 254 g/mol. The lowest BCUT2D eigenvalue weighted by Gasteiger charge is -2.19. The van der Waals surface area contributed by atoms with E-state index in [0.29, 0.717) is 12.2 Å². The van der Waals surface area contributed by atoms with E-state index < -0.39 is 4.92 Å². The number of nitrogens with one attached hydrogen (secondary N) is 1. The molecule has 2 rings (SSSR count). The van der Waals surface area contributed by atoms with Crippen LogP contribution < -0.4 is 5.32 Å². The summed E-state index contributed by atoms with van der Waals surface area (Å²) in [5.74, 6) is 0. The van der Waals surface area contributed by atoms with E-state index in [1.807, 2.05) is 24.3 Å². The second kappa shape index (κ2) is 5.45. The number of nitrogens with zero attached hydrogens (tertiary/aromatic N) is 2. The number of aromatic nitrogens is 1. The van der Waals surface area contributed by atoms with Crippen LogP contribution in [0.25, 0.3) is 10.9 Å². The van der Waals surface area contributed by atoms with Crippen LogP contribution in [0.2, 0.25) is 0 Å². The molecule has 1 aromatic carbocycles. The van der Waals surface area contributed by atoms with Crippen LogP contribution in [0.3, 0.4) is 0 Å². The average molecular weight is 273 g/mol. The number of anilines is 1. The van der Waals surface area contributed by atoms with Crippen molar-refractivity contribution in [2.75, 3.05) is 11.9 Å². The number of hydrogen-bond donors (Lipinski definition) is 1. The second-order valence-electron chi connectivity index (χ2n) is 6.03. The van der Waals surface area contributed by atoms with Crippen molar-refractivity contribution < 1.29 is 4.92 Å². The highest BCUT2D eigenvalue weighted by Crippen LogP contribution is 2.31. The van der Waals surface area contributed by atoms with Gasteiger partial charge in [-0.25, -0.2) is 4.98 Å². The average Bonchev–Trinajstić information content (AvgIpc) is 2.37. The summed E-state index contributed by atoms with van der Waals surface area (Å²) in [5, 5.41) is 15.2. The van der Waals surface area contributed by atoms with Gasteiger partial charge in [0.2, 0.25) is 0 Å². The maximum absolute atomic E-state index is 11.2. The Labute approximate surface area is 118 Å². The van der Waals surface area contributed by atoms with Gasteiger partial charge in [0.05, 0.1) is 10.4 Å². The van der Waals surface area contributed by atoms with Gasteiger partial charge >= 0.3 is 5.69 Å². The Hall–Kier alpha value is -2.17. The number of benzene rings is 1. The first-order chi connectivity index (χ1) is 9.38. The first kappa shape index (κ1) is 14.2. The van der Waals surface area contributed by atoms with E-state index in [1.165, 1.54) is 6.20 Å². The van der Waals surface area contributed by atoms with Crippen molar-refractivity contribution >= 4 is 22.3 Å². The van der Waals surface area contributed by atoms with Gasteiger partial charge in [0.15, 0.2) is 0 Å². The Morgan fingerprint density at radius 1 is 1.30 bits per heavy atom. The molecule has 0 aliphatic carbocycles. The molecule has 0 bridgehead atoms. The van der Waals surface area contributed by atoms with E-state index in [4.69, 9.17) is 0 Å². The van der Waals surface area contributed by atoms with E-state index in [-0.39, 0.29) is 11.1 Å². The molecule has 0 aliphatic rings. The molecule has 0 saturated heterocycles. The van der Waals surface area contributed by atoms with Crippen molar-refractivity contribution in [2.45, 2.75) is 27.2 Å². The molecule has 5 heteroatoms. The van der Waals surface area contributed by atoms with Crippen molar-refractivity contribution in [1.82, 2.24) is 4.98 Å². The number of para-hydroxylation sites is 1. The van der Waals surface area contributed by atoms with Crippen molar-refractivity contribution in [3.63, 3.8) is 0 Å². The fourth-order valence-electron chi connectivity index (χ4n) is 2.02. The molecule has 0 saturated carbocycles. The quantitative estimate of drug-likeness (QED) is 0.675. The largest absolute Gasteiger partial charge is 0.379 e. The number of rotatable bonds is 4. The summed E-state index contributed by atoms with van der Waals surface area (Å²) in [5.41, 5.74) is 1.53. The van der Waals surface area contributed by atoms with Gasteiger partial charge in [-0.2, -0.15) is 0 Å². The molecule has 1 N–H and O–H groups in total. The lowest BCUT2D eigenvalue weighted by Crippen LogP contribution is -2.13. The highest BCUT2D eigenvalue weighted by Gasteiger charge is 2.18. The Morgan fingerprint density at radius 3 is 2.65 bits per heavy atom. The minimum atomic E-state index is -0.390. The minimum Gasteiger partial charge on any atom is -0.379 e. The zero-order valence-electron chi connectivity index (χ0n) is 12.0. The monoisotopic (exact) mass is 273 g/mol. The zero-order chi connectivity index (χ0) is 14.8. The van der Waals surface area contributed by atoms with Crippen LogP contribution in [0.4, 0.5) is 11.4 Å². The first-order valence-electron chi connectivity index (χ1n) is 6.64. The minimum absolute atomic E-state index is 0.0256. The van der Waals surface area contributed by atoms with Gasteiger partial charge in [-0.05, 0) is 17.9 Å². The molecule has 1 heterocycles. The van der Waals surface area contributed by atoms with Crippen LogP contribution in [0.15, 0.2) is 30.5 Å². The predicted octanol–water partition coefficient (Wildman–Crippen LogP) is 3.99. The van der Waals surface area contributed by atoms with E-state index in [0.717, 1.165) is 17.3 Å². The van der Waals surface area contributed by atoms with Gasteiger partial charge in [-0.1, -0.05) is 39.0 Å². The Balaban J connectivity index is 2.37. The third-order valence-corrected chi connectivity index (χ3v) is 3.13. The lowest BCUT2D eigenvalue weighted by molar-refractivity contribution is -0.384. The third-order valence-electron chi connectivity index (χ3n) is 3.13. The molecule has 0 aliphatic heterocycles. The van der Waals surface area contributed by atoms with Gasteiger partial charge < -0.3 is 5.32 Å². The first-order valence-corrected chi connectivity index (χ1v) is 6.64. The van der Waals surface area contributed by atoms with E-state index in [2.05, 4.69) is 31.1 Å². The molecule has 0 spiro atoms. The highest BCUT2D eigenvalue weighted by atomic mass is 16.6. The van der Waals surface area contributed by atoms with Crippen LogP contribution in [0.5, 0.6) is 0 Å². The van der Waals surface area contributed by atoms with Gasteiger partial charge in [-0.15, -0.1) is 0 Å². The Kier molecular flexibility index (Phi) is 3.88. The smallest absolute Gasteiger partial charge is 0.311 e. The molecule has 106 valence electrons. The molecule has 20 heavy (non-hydrogen) atoms. The van der Waals surface area contributed by atoms with Crippen molar-refractivity contribution in [3.05, 3.63) is 40.6 Å². The topological polar surface area (TPSA) is 68.1 Å². The molecule has 0 atom stereocenters. The van der Waals surface area contributed by atoms with Gasteiger partial charge in [0.1, 0.15) is 11.9 Å². The van der Waals surface area contributed by atoms with Crippen LogP contribution in [-0.2, 0) is 0 Å². The second-order valence-corrected chi connectivity index (χ2v) is 6.03. The molecular formula is C15H19N3O2. The summed E-state index contributed by atoms with van der Waals surface area (Å²) in [4.78, 5) is 14.9. The SMILES string of the molecule is CC(C)(C)CCNc1c([N+](=O)[O-])cnc2ccccc12. The molecule has 5 nitrogen and oxygen atoms in total. The number of pyridine rings is 1.